The van der Waals surface area contributed by atoms with Crippen LogP contribution in [0.2, 0.25) is 0 Å². The lowest BCUT2D eigenvalue weighted by Gasteiger charge is -2.42. The highest BCUT2D eigenvalue weighted by Crippen LogP contribution is 2.34. The van der Waals surface area contributed by atoms with Gasteiger partial charge >= 0.3 is 0 Å². The van der Waals surface area contributed by atoms with Crippen LogP contribution in [-0.2, 0) is 0 Å². The third kappa shape index (κ3) is 9.28. The number of benzene rings is 4. The van der Waals surface area contributed by atoms with Crippen molar-refractivity contribution in [3.8, 4) is 0 Å². The molecule has 0 radical (unpaired) electrons. The van der Waals surface area contributed by atoms with Crippen LogP contribution in [0.3, 0.4) is 0 Å². The molecule has 0 unspecified atom stereocenters. The van der Waals surface area contributed by atoms with Gasteiger partial charge in [-0.25, -0.2) is 0 Å². The predicted octanol–water partition coefficient (Wildman–Crippen LogP) is 10.1. The highest BCUT2D eigenvalue weighted by molar-refractivity contribution is 6.03. The minimum Gasteiger partial charge on any atom is -0.366 e. The molecule has 8 rings (SSSR count). The Morgan fingerprint density at radius 2 is 0.589 bits per heavy atom. The number of nitrogens with zero attached hydrogens (tertiary/aromatic N) is 2. The van der Waals surface area contributed by atoms with E-state index >= 15 is 0 Å². The number of fused-ring (bicyclic) bond motifs is 2. The molecule has 4 N–H and O–H groups in total. The Labute approximate surface area is 332 Å². The SMILES string of the molecule is NC(=O)c1ccc2cc(C(=O)N(C3CCCCC3)C3CCCCC3)ccc2c1.NC(=O)c1ccc2cc(C(=O)N(C3CCCCC3)C3CCCCC3)ccc2c1. The van der Waals surface area contributed by atoms with Crippen LogP contribution >= 0.6 is 0 Å². The van der Waals surface area contributed by atoms with E-state index in [-0.39, 0.29) is 11.8 Å². The first-order chi connectivity index (χ1) is 27.3. The molecule has 4 aliphatic rings. The molecule has 0 saturated heterocycles. The van der Waals surface area contributed by atoms with Crippen molar-refractivity contribution in [3.05, 3.63) is 95.1 Å². The fourth-order valence-electron chi connectivity index (χ4n) is 10.1. The lowest BCUT2D eigenvalue weighted by atomic mass is 9.88. The van der Waals surface area contributed by atoms with Crippen LogP contribution in [0, 0.1) is 0 Å². The maximum atomic E-state index is 13.6. The molecule has 4 amide bonds. The molecule has 4 aliphatic carbocycles. The average molecular weight is 757 g/mol. The number of primary amides is 2. The van der Waals surface area contributed by atoms with Gasteiger partial charge in [0.1, 0.15) is 0 Å². The van der Waals surface area contributed by atoms with E-state index in [9.17, 15) is 19.2 Å². The summed E-state index contributed by atoms with van der Waals surface area (Å²) >= 11 is 0. The van der Waals surface area contributed by atoms with Crippen molar-refractivity contribution in [2.24, 2.45) is 11.5 Å². The largest absolute Gasteiger partial charge is 0.366 e. The van der Waals surface area contributed by atoms with Gasteiger partial charge in [-0.05, 0) is 121 Å². The molecule has 4 aromatic rings. The summed E-state index contributed by atoms with van der Waals surface area (Å²) in [5, 5.41) is 3.83. The zero-order valence-corrected chi connectivity index (χ0v) is 33.1. The van der Waals surface area contributed by atoms with Gasteiger partial charge in [0.05, 0.1) is 0 Å². The normalized spacial score (nSPS) is 18.9. The third-order valence-corrected chi connectivity index (χ3v) is 13.1. The van der Waals surface area contributed by atoms with Crippen molar-refractivity contribution in [3.63, 3.8) is 0 Å². The summed E-state index contributed by atoms with van der Waals surface area (Å²) in [5.74, 6) is -0.495. The molecule has 56 heavy (non-hydrogen) atoms. The summed E-state index contributed by atoms with van der Waals surface area (Å²) in [6.07, 6.45) is 24.1. The standard InChI is InChI=1S/2C24H30N2O2/c2*25-23(27)19-13-11-18-16-20(14-12-17(18)15-19)24(28)26(21-7-3-1-4-8-21)22-9-5-2-6-10-22/h2*11-16,21-22H,1-10H2,(H2,25,27). The number of carbonyl (C=O) groups is 4. The molecule has 0 aliphatic heterocycles. The molecule has 0 spiro atoms. The molecule has 296 valence electrons. The number of hydrogen-bond donors (Lipinski definition) is 2. The fourth-order valence-corrected chi connectivity index (χ4v) is 10.1. The van der Waals surface area contributed by atoms with Crippen LogP contribution in [0.15, 0.2) is 72.8 Å². The van der Waals surface area contributed by atoms with Crippen LogP contribution in [0.5, 0.6) is 0 Å². The summed E-state index contributed by atoms with van der Waals surface area (Å²) in [7, 11) is 0. The minimum absolute atomic E-state index is 0.180. The molecule has 8 nitrogen and oxygen atoms in total. The molecule has 8 heteroatoms. The molecular formula is C48H60N4O4. The third-order valence-electron chi connectivity index (χ3n) is 13.1. The van der Waals surface area contributed by atoms with Crippen molar-refractivity contribution < 1.29 is 19.2 Å². The Bertz CT molecular complexity index is 1840. The van der Waals surface area contributed by atoms with E-state index in [2.05, 4.69) is 9.80 Å². The van der Waals surface area contributed by atoms with Crippen molar-refractivity contribution in [1.82, 2.24) is 9.80 Å². The van der Waals surface area contributed by atoms with Gasteiger partial charge in [-0.2, -0.15) is 0 Å². The molecule has 0 heterocycles. The van der Waals surface area contributed by atoms with Crippen LogP contribution in [-0.4, -0.2) is 57.6 Å². The molecule has 4 fully saturated rings. The highest BCUT2D eigenvalue weighted by Gasteiger charge is 2.34. The molecule has 0 bridgehead atoms. The minimum atomic E-state index is -0.428. The fraction of sp³-hybridized carbons (Fsp3) is 0.500. The van der Waals surface area contributed by atoms with E-state index in [1.807, 2.05) is 48.5 Å². The second-order valence-electron chi connectivity index (χ2n) is 16.9. The highest BCUT2D eigenvalue weighted by atomic mass is 16.2. The van der Waals surface area contributed by atoms with Crippen molar-refractivity contribution in [2.45, 2.75) is 153 Å². The molecule has 0 atom stereocenters. The van der Waals surface area contributed by atoms with Gasteiger partial charge in [0, 0.05) is 46.4 Å². The zero-order chi connectivity index (χ0) is 39.0. The molecule has 4 saturated carbocycles. The summed E-state index contributed by atoms with van der Waals surface area (Å²) in [4.78, 5) is 54.6. The van der Waals surface area contributed by atoms with Gasteiger partial charge in [-0.15, -0.1) is 0 Å². The van der Waals surface area contributed by atoms with E-state index < -0.39 is 11.8 Å². The second kappa shape index (κ2) is 18.5. The van der Waals surface area contributed by atoms with Crippen LogP contribution in [0.4, 0.5) is 0 Å². The van der Waals surface area contributed by atoms with Crippen molar-refractivity contribution >= 4 is 45.2 Å². The van der Waals surface area contributed by atoms with Gasteiger partial charge in [0.25, 0.3) is 11.8 Å². The van der Waals surface area contributed by atoms with Gasteiger partial charge in [0.2, 0.25) is 11.8 Å². The number of hydrogen-bond acceptors (Lipinski definition) is 4. The average Bonchev–Trinajstić information content (AvgIpc) is 3.24. The van der Waals surface area contributed by atoms with Crippen molar-refractivity contribution in [2.75, 3.05) is 0 Å². The summed E-state index contributed by atoms with van der Waals surface area (Å²) in [6.45, 7) is 0. The van der Waals surface area contributed by atoms with E-state index in [0.717, 1.165) is 84.0 Å². The Morgan fingerprint density at radius 3 is 0.839 bits per heavy atom. The summed E-state index contributed by atoms with van der Waals surface area (Å²) in [6, 6.07) is 24.0. The number of amides is 4. The topological polar surface area (TPSA) is 127 Å². The van der Waals surface area contributed by atoms with Crippen molar-refractivity contribution in [1.29, 1.82) is 0 Å². The summed E-state index contributed by atoms with van der Waals surface area (Å²) < 4.78 is 0. The van der Waals surface area contributed by atoms with Gasteiger partial charge in [-0.1, -0.05) is 101 Å². The maximum Gasteiger partial charge on any atom is 0.254 e. The van der Waals surface area contributed by atoms with Crippen LogP contribution in [0.1, 0.15) is 170 Å². The molecule has 0 aromatic heterocycles. The van der Waals surface area contributed by atoms with Gasteiger partial charge in [-0.3, -0.25) is 19.2 Å². The predicted molar refractivity (Wildman–Crippen MR) is 225 cm³/mol. The number of rotatable bonds is 8. The smallest absolute Gasteiger partial charge is 0.254 e. The first-order valence-electron chi connectivity index (χ1n) is 21.6. The lowest BCUT2D eigenvalue weighted by molar-refractivity contribution is 0.0441. The molecule has 4 aromatic carbocycles. The number of nitrogens with two attached hydrogens (primary N) is 2. The van der Waals surface area contributed by atoms with E-state index in [0.29, 0.717) is 35.3 Å². The lowest BCUT2D eigenvalue weighted by Crippen LogP contribution is -2.48. The van der Waals surface area contributed by atoms with E-state index in [1.54, 1.807) is 24.3 Å². The quantitative estimate of drug-likeness (QED) is 0.186. The Morgan fingerprint density at radius 1 is 0.357 bits per heavy atom. The first-order valence-corrected chi connectivity index (χ1v) is 21.6. The second-order valence-corrected chi connectivity index (χ2v) is 16.9. The number of carbonyl (C=O) groups excluding carboxylic acids is 4. The van der Waals surface area contributed by atoms with Gasteiger partial charge in [0.15, 0.2) is 0 Å². The van der Waals surface area contributed by atoms with E-state index in [1.165, 1.54) is 77.0 Å². The maximum absolute atomic E-state index is 13.6. The van der Waals surface area contributed by atoms with Gasteiger partial charge < -0.3 is 21.3 Å². The monoisotopic (exact) mass is 756 g/mol. The zero-order valence-electron chi connectivity index (χ0n) is 33.1. The Hall–Kier alpha value is -4.72. The molecular weight excluding hydrogens is 697 g/mol. The first kappa shape index (κ1) is 39.5. The summed E-state index contributed by atoms with van der Waals surface area (Å²) in [5.41, 5.74) is 13.3. The van der Waals surface area contributed by atoms with Crippen LogP contribution < -0.4 is 11.5 Å². The van der Waals surface area contributed by atoms with E-state index in [4.69, 9.17) is 11.5 Å². The Kier molecular flexibility index (Phi) is 13.0. The van der Waals surface area contributed by atoms with Crippen LogP contribution in [0.25, 0.3) is 21.5 Å². The Balaban J connectivity index is 0.000000172.